The predicted octanol–water partition coefficient (Wildman–Crippen LogP) is 5.53. The van der Waals surface area contributed by atoms with Crippen molar-refractivity contribution in [3.8, 4) is 11.5 Å². The van der Waals surface area contributed by atoms with Gasteiger partial charge >= 0.3 is 0 Å². The van der Waals surface area contributed by atoms with Crippen LogP contribution in [-0.2, 0) is 18.9 Å². The zero-order valence-electron chi connectivity index (χ0n) is 18.5. The lowest BCUT2D eigenvalue weighted by molar-refractivity contribution is -0.269. The smallest absolute Gasteiger partial charge is 0.188 e. The fourth-order valence-electron chi connectivity index (χ4n) is 5.29. The van der Waals surface area contributed by atoms with E-state index in [0.717, 1.165) is 68.9 Å². The molecule has 0 amide bonds. The number of rotatable bonds is 8. The van der Waals surface area contributed by atoms with Gasteiger partial charge in [0.05, 0.1) is 31.0 Å². The van der Waals surface area contributed by atoms with Gasteiger partial charge in [0.1, 0.15) is 11.5 Å². The molecule has 4 rings (SSSR count). The van der Waals surface area contributed by atoms with Crippen molar-refractivity contribution in [3.63, 3.8) is 0 Å². The number of aromatic hydroxyl groups is 1. The normalized spacial score (nSPS) is 33.2. The molecule has 0 radical (unpaired) electrons. The quantitative estimate of drug-likeness (QED) is 0.558. The third-order valence-electron chi connectivity index (χ3n) is 6.77. The highest BCUT2D eigenvalue weighted by molar-refractivity contribution is 5.49. The van der Waals surface area contributed by atoms with Crippen LogP contribution in [0, 0.1) is 0 Å². The molecule has 1 aromatic rings. The van der Waals surface area contributed by atoms with E-state index in [-0.39, 0.29) is 17.6 Å². The molecule has 0 saturated carbocycles. The maximum absolute atomic E-state index is 10.0. The number of hydrogen-bond donors (Lipinski definition) is 1. The van der Waals surface area contributed by atoms with Gasteiger partial charge in [0, 0.05) is 26.0 Å². The van der Waals surface area contributed by atoms with Crippen LogP contribution in [0.4, 0.5) is 0 Å². The summed E-state index contributed by atoms with van der Waals surface area (Å²) in [4.78, 5) is 0. The van der Waals surface area contributed by atoms with Gasteiger partial charge in [-0.25, -0.2) is 0 Å². The average Bonchev–Trinajstić information content (AvgIpc) is 3.27. The van der Waals surface area contributed by atoms with E-state index in [4.69, 9.17) is 23.7 Å². The highest BCUT2D eigenvalue weighted by atomic mass is 16.7. The maximum atomic E-state index is 10.0. The summed E-state index contributed by atoms with van der Waals surface area (Å²) >= 11 is 0. The van der Waals surface area contributed by atoms with Gasteiger partial charge in [-0.15, -0.1) is 0 Å². The Morgan fingerprint density at radius 1 is 1.07 bits per heavy atom. The molecule has 168 valence electrons. The van der Waals surface area contributed by atoms with E-state index < -0.39 is 6.29 Å². The van der Waals surface area contributed by atoms with Crippen molar-refractivity contribution >= 4 is 0 Å². The van der Waals surface area contributed by atoms with Gasteiger partial charge in [0.15, 0.2) is 12.1 Å². The summed E-state index contributed by atoms with van der Waals surface area (Å²) in [5.41, 5.74) is 1.87. The van der Waals surface area contributed by atoms with Gasteiger partial charge in [-0.1, -0.05) is 19.3 Å². The molecule has 1 spiro atoms. The summed E-state index contributed by atoms with van der Waals surface area (Å²) in [6.07, 6.45) is 11.0. The Kier molecular flexibility index (Phi) is 6.88. The van der Waals surface area contributed by atoms with Crippen molar-refractivity contribution in [1.29, 1.82) is 0 Å². The number of unbranched alkanes of at least 4 members (excludes halogenated alkanes) is 2. The van der Waals surface area contributed by atoms with E-state index in [1.165, 1.54) is 6.42 Å². The second-order valence-corrected chi connectivity index (χ2v) is 8.99. The van der Waals surface area contributed by atoms with Crippen molar-refractivity contribution in [2.45, 2.75) is 102 Å². The van der Waals surface area contributed by atoms with Crippen LogP contribution in [0.15, 0.2) is 12.1 Å². The fourth-order valence-corrected chi connectivity index (χ4v) is 5.29. The van der Waals surface area contributed by atoms with Crippen molar-refractivity contribution in [3.05, 3.63) is 23.3 Å². The molecule has 0 bridgehead atoms. The molecule has 6 heteroatoms. The third-order valence-corrected chi connectivity index (χ3v) is 6.77. The zero-order chi connectivity index (χ0) is 21.1. The molecule has 6 nitrogen and oxygen atoms in total. The molecule has 5 unspecified atom stereocenters. The second-order valence-electron chi connectivity index (χ2n) is 8.99. The minimum Gasteiger partial charge on any atom is -0.508 e. The van der Waals surface area contributed by atoms with Gasteiger partial charge in [-0.2, -0.15) is 0 Å². The molecule has 1 N–H and O–H groups in total. The number of methoxy groups -OCH3 is 2. The third kappa shape index (κ3) is 4.62. The molecule has 3 heterocycles. The Bertz CT molecular complexity index is 718. The molecular weight excluding hydrogens is 384 g/mol. The number of phenols is 1. The van der Waals surface area contributed by atoms with Crippen molar-refractivity contribution < 1.29 is 28.8 Å². The Balaban J connectivity index is 1.24. The Morgan fingerprint density at radius 3 is 2.63 bits per heavy atom. The van der Waals surface area contributed by atoms with E-state index >= 15 is 0 Å². The molecule has 2 fully saturated rings. The highest BCUT2D eigenvalue weighted by Gasteiger charge is 2.43. The molecule has 0 aliphatic carbocycles. The molecule has 5 atom stereocenters. The van der Waals surface area contributed by atoms with Gasteiger partial charge < -0.3 is 28.8 Å². The standard InChI is InChI=1S/C24H36O6/c1-16-11-13-24(29-16)12-7-9-18(30-24)8-5-4-6-10-20-19-14-17(25)15-21(26-2)22(19)23(27-3)28-20/h14-16,18,20,23,25H,4-13H2,1-3H3. The largest absolute Gasteiger partial charge is 0.508 e. The van der Waals surface area contributed by atoms with Crippen molar-refractivity contribution in [2.24, 2.45) is 0 Å². The minimum atomic E-state index is -0.443. The molecule has 1 aromatic carbocycles. The van der Waals surface area contributed by atoms with Crippen LogP contribution >= 0.6 is 0 Å². The Hall–Kier alpha value is -1.34. The monoisotopic (exact) mass is 420 g/mol. The van der Waals surface area contributed by atoms with Crippen LogP contribution in [0.5, 0.6) is 11.5 Å². The first-order valence-corrected chi connectivity index (χ1v) is 11.5. The summed E-state index contributed by atoms with van der Waals surface area (Å²) in [7, 11) is 3.23. The lowest BCUT2D eigenvalue weighted by Gasteiger charge is -2.38. The fraction of sp³-hybridized carbons (Fsp3) is 0.750. The second kappa shape index (κ2) is 9.43. The summed E-state index contributed by atoms with van der Waals surface area (Å²) in [5.74, 6) is 0.522. The van der Waals surface area contributed by atoms with E-state index in [1.54, 1.807) is 26.4 Å². The summed E-state index contributed by atoms with van der Waals surface area (Å²) in [5, 5.41) is 10.0. The van der Waals surface area contributed by atoms with Gasteiger partial charge in [0.2, 0.25) is 0 Å². The Labute approximate surface area is 179 Å². The molecular formula is C24H36O6. The van der Waals surface area contributed by atoms with Crippen LogP contribution in [0.2, 0.25) is 0 Å². The zero-order valence-corrected chi connectivity index (χ0v) is 18.5. The van der Waals surface area contributed by atoms with Gasteiger partial charge in [-0.3, -0.25) is 0 Å². The van der Waals surface area contributed by atoms with E-state index in [1.807, 2.05) is 0 Å². The molecule has 3 aliphatic heterocycles. The van der Waals surface area contributed by atoms with Crippen LogP contribution < -0.4 is 4.74 Å². The first-order valence-electron chi connectivity index (χ1n) is 11.5. The molecule has 2 saturated heterocycles. The van der Waals surface area contributed by atoms with Crippen LogP contribution in [0.25, 0.3) is 0 Å². The predicted molar refractivity (Wildman–Crippen MR) is 113 cm³/mol. The Morgan fingerprint density at radius 2 is 1.90 bits per heavy atom. The maximum Gasteiger partial charge on any atom is 0.188 e. The lowest BCUT2D eigenvalue weighted by atomic mass is 9.95. The molecule has 30 heavy (non-hydrogen) atoms. The number of hydrogen-bond acceptors (Lipinski definition) is 6. The van der Waals surface area contributed by atoms with Crippen LogP contribution in [-0.4, -0.2) is 37.3 Å². The average molecular weight is 421 g/mol. The molecule has 0 aromatic heterocycles. The van der Waals surface area contributed by atoms with Gasteiger partial charge in [0.25, 0.3) is 0 Å². The van der Waals surface area contributed by atoms with Crippen LogP contribution in [0.3, 0.4) is 0 Å². The summed E-state index contributed by atoms with van der Waals surface area (Å²) in [6.45, 7) is 2.15. The van der Waals surface area contributed by atoms with E-state index in [0.29, 0.717) is 18.0 Å². The summed E-state index contributed by atoms with van der Waals surface area (Å²) in [6, 6.07) is 3.39. The number of benzene rings is 1. The van der Waals surface area contributed by atoms with Crippen molar-refractivity contribution in [1.82, 2.24) is 0 Å². The molecule has 3 aliphatic rings. The lowest BCUT2D eigenvalue weighted by Crippen LogP contribution is -2.40. The van der Waals surface area contributed by atoms with E-state index in [9.17, 15) is 5.11 Å². The van der Waals surface area contributed by atoms with Gasteiger partial charge in [-0.05, 0) is 50.7 Å². The SMILES string of the molecule is COc1cc(O)cc2c1C(OC)OC2CCCCCC1CCCC2(CCC(C)O2)O1. The highest BCUT2D eigenvalue weighted by Crippen LogP contribution is 2.48. The first kappa shape index (κ1) is 21.9. The minimum absolute atomic E-state index is 0.0754. The number of phenolic OH excluding ortho intramolecular Hbond substituents is 1. The topological polar surface area (TPSA) is 66.4 Å². The van der Waals surface area contributed by atoms with Crippen molar-refractivity contribution in [2.75, 3.05) is 14.2 Å². The van der Waals surface area contributed by atoms with Crippen LogP contribution in [0.1, 0.15) is 94.7 Å². The summed E-state index contributed by atoms with van der Waals surface area (Å²) < 4.78 is 29.5. The number of ether oxygens (including phenoxy) is 5. The van der Waals surface area contributed by atoms with E-state index in [2.05, 4.69) is 6.92 Å². The number of fused-ring (bicyclic) bond motifs is 1. The first-order chi connectivity index (χ1) is 14.5.